The molecule has 8 heteroatoms. The van der Waals surface area contributed by atoms with Gasteiger partial charge in [0.2, 0.25) is 5.91 Å². The van der Waals surface area contributed by atoms with E-state index in [1.165, 1.54) is 0 Å². The molecule has 1 heterocycles. The number of carbonyl (C=O) groups excluding carboxylic acids is 2. The number of hydrogen-bond donors (Lipinski definition) is 4. The van der Waals surface area contributed by atoms with Gasteiger partial charge in [-0.1, -0.05) is 26.8 Å². The van der Waals surface area contributed by atoms with Crippen molar-refractivity contribution < 1.29 is 24.5 Å². The number of fused-ring (bicyclic) bond motifs is 1. The maximum Gasteiger partial charge on any atom is 0.407 e. The summed E-state index contributed by atoms with van der Waals surface area (Å²) in [5.74, 6) is -0.228. The van der Waals surface area contributed by atoms with Crippen molar-refractivity contribution in [3.63, 3.8) is 0 Å². The van der Waals surface area contributed by atoms with Gasteiger partial charge in [0.05, 0.1) is 19.3 Å². The second kappa shape index (κ2) is 10.5. The van der Waals surface area contributed by atoms with Gasteiger partial charge in [0, 0.05) is 23.3 Å². The third-order valence-electron chi connectivity index (χ3n) is 7.89. The Bertz CT molecular complexity index is 772. The quantitative estimate of drug-likeness (QED) is 0.469. The number of alkyl carbamates (subject to hydrolysis) is 1. The van der Waals surface area contributed by atoms with Gasteiger partial charge >= 0.3 is 6.09 Å². The smallest absolute Gasteiger partial charge is 0.407 e. The zero-order chi connectivity index (χ0) is 23.4. The van der Waals surface area contributed by atoms with E-state index < -0.39 is 23.7 Å². The number of aliphatic hydroxyl groups excluding tert-OH is 2. The Morgan fingerprint density at radius 3 is 2.69 bits per heavy atom. The lowest BCUT2D eigenvalue weighted by atomic mass is 9.46. The fourth-order valence-electron chi connectivity index (χ4n) is 6.05. The maximum atomic E-state index is 12.8. The van der Waals surface area contributed by atoms with E-state index >= 15 is 0 Å². The molecule has 0 aliphatic heterocycles. The second-order valence-electron chi connectivity index (χ2n) is 9.89. The highest BCUT2D eigenvalue weighted by atomic mass is 32.1. The van der Waals surface area contributed by atoms with Gasteiger partial charge in [-0.3, -0.25) is 4.79 Å². The molecule has 2 aliphatic carbocycles. The Morgan fingerprint density at radius 1 is 1.25 bits per heavy atom. The molecule has 6 atom stereocenters. The lowest BCUT2D eigenvalue weighted by Crippen LogP contribution is -2.61. The summed E-state index contributed by atoms with van der Waals surface area (Å²) in [5.41, 5.74) is -0.947. The Labute approximate surface area is 194 Å². The number of rotatable bonds is 8. The number of amides is 2. The van der Waals surface area contributed by atoms with Crippen LogP contribution in [0.3, 0.4) is 0 Å². The number of aliphatic hydroxyl groups is 2. The van der Waals surface area contributed by atoms with Crippen LogP contribution < -0.4 is 10.6 Å². The lowest BCUT2D eigenvalue weighted by molar-refractivity contribution is -0.186. The van der Waals surface area contributed by atoms with E-state index in [1.54, 1.807) is 11.3 Å². The molecule has 0 unspecified atom stereocenters. The Kier molecular flexibility index (Phi) is 8.22. The highest BCUT2D eigenvalue weighted by Gasteiger charge is 2.60. The zero-order valence-corrected chi connectivity index (χ0v) is 20.2. The van der Waals surface area contributed by atoms with Gasteiger partial charge in [-0.2, -0.15) is 0 Å². The molecule has 0 saturated heterocycles. The van der Waals surface area contributed by atoms with Crippen LogP contribution in [0.15, 0.2) is 17.5 Å². The minimum atomic E-state index is -0.623. The van der Waals surface area contributed by atoms with E-state index in [-0.39, 0.29) is 36.2 Å². The van der Waals surface area contributed by atoms with Crippen molar-refractivity contribution in [2.24, 2.45) is 22.7 Å². The SMILES string of the molecule is CCCNC(=O)O[C@@H]1CC[C@]2(C)[C@@H](CC[C@@H](O)[C@H]2CC(=O)NCc2cccs2)[C@]1(C)CO. The van der Waals surface area contributed by atoms with E-state index in [0.29, 0.717) is 25.9 Å². The molecular formula is C24H38N2O5S. The molecular weight excluding hydrogens is 428 g/mol. The first-order valence-electron chi connectivity index (χ1n) is 11.8. The summed E-state index contributed by atoms with van der Waals surface area (Å²) in [6, 6.07) is 3.95. The number of nitrogens with one attached hydrogen (secondary N) is 2. The van der Waals surface area contributed by atoms with Crippen LogP contribution >= 0.6 is 11.3 Å². The molecule has 0 bridgehead atoms. The Hall–Kier alpha value is -1.64. The zero-order valence-electron chi connectivity index (χ0n) is 19.4. The second-order valence-corrected chi connectivity index (χ2v) is 10.9. The molecule has 4 N–H and O–H groups in total. The molecule has 32 heavy (non-hydrogen) atoms. The van der Waals surface area contributed by atoms with Crippen LogP contribution in [0.1, 0.15) is 64.2 Å². The van der Waals surface area contributed by atoms with Gasteiger partial charge in [-0.25, -0.2) is 4.79 Å². The van der Waals surface area contributed by atoms with E-state index in [2.05, 4.69) is 17.6 Å². The van der Waals surface area contributed by atoms with Gasteiger partial charge < -0.3 is 25.6 Å². The molecule has 0 spiro atoms. The van der Waals surface area contributed by atoms with Crippen molar-refractivity contribution in [1.82, 2.24) is 10.6 Å². The van der Waals surface area contributed by atoms with Crippen LogP contribution in [0.2, 0.25) is 0 Å². The summed E-state index contributed by atoms with van der Waals surface area (Å²) in [7, 11) is 0. The monoisotopic (exact) mass is 466 g/mol. The lowest BCUT2D eigenvalue weighted by Gasteiger charge is -2.60. The van der Waals surface area contributed by atoms with Gasteiger partial charge in [-0.15, -0.1) is 11.3 Å². The minimum Gasteiger partial charge on any atom is -0.446 e. The van der Waals surface area contributed by atoms with Crippen LogP contribution in [0.25, 0.3) is 0 Å². The van der Waals surface area contributed by atoms with Crippen molar-refractivity contribution in [2.75, 3.05) is 13.2 Å². The van der Waals surface area contributed by atoms with Crippen LogP contribution in [-0.4, -0.2) is 47.6 Å². The van der Waals surface area contributed by atoms with E-state index in [1.807, 2.05) is 31.4 Å². The molecule has 2 aliphatic rings. The van der Waals surface area contributed by atoms with Crippen LogP contribution in [0.4, 0.5) is 4.79 Å². The van der Waals surface area contributed by atoms with Crippen molar-refractivity contribution in [3.05, 3.63) is 22.4 Å². The normalized spacial score (nSPS) is 34.4. The minimum absolute atomic E-state index is 0.0382. The summed E-state index contributed by atoms with van der Waals surface area (Å²) >= 11 is 1.60. The summed E-state index contributed by atoms with van der Waals surface area (Å²) in [5, 5.41) is 29.1. The third kappa shape index (κ3) is 5.13. The molecule has 7 nitrogen and oxygen atoms in total. The third-order valence-corrected chi connectivity index (χ3v) is 8.77. The molecule has 3 rings (SSSR count). The van der Waals surface area contributed by atoms with Crippen LogP contribution in [0.5, 0.6) is 0 Å². The van der Waals surface area contributed by atoms with Crippen molar-refractivity contribution in [2.45, 2.75) is 78.0 Å². The first-order chi connectivity index (χ1) is 15.2. The first-order valence-corrected chi connectivity index (χ1v) is 12.6. The summed E-state index contributed by atoms with van der Waals surface area (Å²) in [4.78, 5) is 26.1. The molecule has 2 amide bonds. The molecule has 180 valence electrons. The highest BCUT2D eigenvalue weighted by molar-refractivity contribution is 7.09. The molecule has 1 aromatic rings. The van der Waals surface area contributed by atoms with E-state index in [9.17, 15) is 19.8 Å². The molecule has 1 aromatic heterocycles. The van der Waals surface area contributed by atoms with Crippen LogP contribution in [-0.2, 0) is 16.1 Å². The van der Waals surface area contributed by atoms with Crippen molar-refractivity contribution in [1.29, 1.82) is 0 Å². The Morgan fingerprint density at radius 2 is 2.03 bits per heavy atom. The highest BCUT2D eigenvalue weighted by Crippen LogP contribution is 2.61. The van der Waals surface area contributed by atoms with Crippen LogP contribution in [0, 0.1) is 22.7 Å². The van der Waals surface area contributed by atoms with Gasteiger partial charge in [0.15, 0.2) is 0 Å². The summed E-state index contributed by atoms with van der Waals surface area (Å²) in [6.07, 6.45) is 2.33. The molecule has 2 saturated carbocycles. The number of ether oxygens (including phenoxy) is 1. The molecule has 0 aromatic carbocycles. The predicted octanol–water partition coefficient (Wildman–Crippen LogP) is 3.45. The average molecular weight is 467 g/mol. The number of carbonyl (C=O) groups is 2. The van der Waals surface area contributed by atoms with E-state index in [0.717, 1.165) is 24.1 Å². The number of hydrogen-bond acceptors (Lipinski definition) is 6. The standard InChI is InChI=1S/C24H38N2O5S/c1-4-11-25-22(30)31-20-9-10-23(2)17(13-21(29)26-14-16-6-5-12-32-16)18(28)7-8-19(23)24(20,3)15-27/h5-6,12,17-20,27-28H,4,7-11,13-15H2,1-3H3,(H,25,30)(H,26,29)/t17-,18-,19-,20-,23+,24+/m1/s1. The van der Waals surface area contributed by atoms with Gasteiger partial charge in [0.25, 0.3) is 0 Å². The number of thiophene rings is 1. The van der Waals surface area contributed by atoms with Crippen molar-refractivity contribution >= 4 is 23.3 Å². The fourth-order valence-corrected chi connectivity index (χ4v) is 6.69. The summed E-state index contributed by atoms with van der Waals surface area (Å²) < 4.78 is 5.77. The molecule has 2 fully saturated rings. The van der Waals surface area contributed by atoms with E-state index in [4.69, 9.17) is 4.74 Å². The van der Waals surface area contributed by atoms with Gasteiger partial charge in [-0.05, 0) is 60.8 Å². The average Bonchev–Trinajstić information content (AvgIpc) is 3.29. The fraction of sp³-hybridized carbons (Fsp3) is 0.750. The largest absolute Gasteiger partial charge is 0.446 e. The van der Waals surface area contributed by atoms with Crippen molar-refractivity contribution in [3.8, 4) is 0 Å². The Balaban J connectivity index is 1.72. The topological polar surface area (TPSA) is 108 Å². The maximum absolute atomic E-state index is 12.8. The first kappa shape index (κ1) is 25.0. The van der Waals surface area contributed by atoms with Gasteiger partial charge in [0.1, 0.15) is 6.10 Å². The molecule has 0 radical (unpaired) electrons. The predicted molar refractivity (Wildman–Crippen MR) is 124 cm³/mol. The summed E-state index contributed by atoms with van der Waals surface area (Å²) in [6.45, 7) is 7.05.